The third-order valence-electron chi connectivity index (χ3n) is 4.31. The minimum atomic E-state index is -0.634. The van der Waals surface area contributed by atoms with Gasteiger partial charge in [-0.3, -0.25) is 4.79 Å². The van der Waals surface area contributed by atoms with E-state index in [-0.39, 0.29) is 11.7 Å². The minimum Gasteiger partial charge on any atom is -0.496 e. The lowest BCUT2D eigenvalue weighted by molar-refractivity contribution is 0.0996. The standard InChI is InChI=1S/C19H23N5O3/c1-26-10-11(20)6-7-12-9-22-18(19(21)25)17(23-12)15-8-13-14(24-15)4-3-5-16(13)27-2/h3-5,8-9,11,24H,6-7,10,20H2,1-2H3,(H2,21,25)/t11-/m1/s1. The largest absolute Gasteiger partial charge is 0.496 e. The molecule has 0 spiro atoms. The zero-order chi connectivity index (χ0) is 19.4. The maximum absolute atomic E-state index is 11.8. The molecule has 2 aromatic heterocycles. The lowest BCUT2D eigenvalue weighted by atomic mass is 10.1. The second-order valence-corrected chi connectivity index (χ2v) is 6.28. The van der Waals surface area contributed by atoms with Gasteiger partial charge in [0.2, 0.25) is 0 Å². The predicted octanol–water partition coefficient (Wildman–Crippen LogP) is 1.64. The van der Waals surface area contributed by atoms with Crippen LogP contribution in [0.3, 0.4) is 0 Å². The fourth-order valence-corrected chi connectivity index (χ4v) is 2.98. The Bertz CT molecular complexity index is 954. The van der Waals surface area contributed by atoms with Gasteiger partial charge in [0.1, 0.15) is 11.4 Å². The summed E-state index contributed by atoms with van der Waals surface area (Å²) in [6, 6.07) is 7.47. The predicted molar refractivity (Wildman–Crippen MR) is 103 cm³/mol. The molecule has 1 atom stereocenters. The number of H-pyrrole nitrogens is 1. The van der Waals surface area contributed by atoms with Gasteiger partial charge in [-0.2, -0.15) is 0 Å². The summed E-state index contributed by atoms with van der Waals surface area (Å²) in [5, 5.41) is 0.889. The summed E-state index contributed by atoms with van der Waals surface area (Å²) in [5.74, 6) is 0.0935. The molecular formula is C19H23N5O3. The number of carbonyl (C=O) groups excluding carboxylic acids is 1. The van der Waals surface area contributed by atoms with E-state index in [0.717, 1.165) is 22.3 Å². The van der Waals surface area contributed by atoms with Gasteiger partial charge in [0, 0.05) is 30.3 Å². The number of nitrogens with two attached hydrogens (primary N) is 2. The molecule has 0 aliphatic heterocycles. The Morgan fingerprint density at radius 3 is 2.85 bits per heavy atom. The highest BCUT2D eigenvalue weighted by Crippen LogP contribution is 2.30. The van der Waals surface area contributed by atoms with E-state index < -0.39 is 5.91 Å². The van der Waals surface area contributed by atoms with Gasteiger partial charge < -0.3 is 25.9 Å². The van der Waals surface area contributed by atoms with Crippen LogP contribution in [0.1, 0.15) is 22.6 Å². The second kappa shape index (κ2) is 8.15. The summed E-state index contributed by atoms with van der Waals surface area (Å²) in [5.41, 5.74) is 14.3. The van der Waals surface area contributed by atoms with Crippen molar-refractivity contribution in [2.45, 2.75) is 18.9 Å². The number of rotatable bonds is 8. The van der Waals surface area contributed by atoms with Crippen LogP contribution in [0.4, 0.5) is 0 Å². The van der Waals surface area contributed by atoms with E-state index in [0.29, 0.717) is 30.8 Å². The average Bonchev–Trinajstić information content (AvgIpc) is 3.10. The zero-order valence-corrected chi connectivity index (χ0v) is 15.4. The van der Waals surface area contributed by atoms with Crippen molar-refractivity contribution >= 4 is 16.8 Å². The number of amides is 1. The highest BCUT2D eigenvalue weighted by Gasteiger charge is 2.18. The fraction of sp³-hybridized carbons (Fsp3) is 0.316. The van der Waals surface area contributed by atoms with Crippen LogP contribution < -0.4 is 16.2 Å². The van der Waals surface area contributed by atoms with Crippen LogP contribution in [0.15, 0.2) is 30.5 Å². The molecule has 0 aliphatic carbocycles. The lowest BCUT2D eigenvalue weighted by Gasteiger charge is -2.11. The molecule has 0 saturated carbocycles. The molecule has 1 aromatic carbocycles. The van der Waals surface area contributed by atoms with Crippen LogP contribution in [-0.2, 0) is 11.2 Å². The van der Waals surface area contributed by atoms with E-state index >= 15 is 0 Å². The van der Waals surface area contributed by atoms with Crippen LogP contribution >= 0.6 is 0 Å². The molecule has 3 rings (SSSR count). The highest BCUT2D eigenvalue weighted by molar-refractivity contribution is 5.98. The first-order chi connectivity index (χ1) is 13.0. The summed E-state index contributed by atoms with van der Waals surface area (Å²) in [7, 11) is 3.23. The number of methoxy groups -OCH3 is 2. The molecule has 27 heavy (non-hydrogen) atoms. The molecule has 5 N–H and O–H groups in total. The van der Waals surface area contributed by atoms with Crippen LogP contribution in [-0.4, -0.2) is 47.7 Å². The van der Waals surface area contributed by atoms with Crippen molar-refractivity contribution in [2.24, 2.45) is 11.5 Å². The Morgan fingerprint density at radius 1 is 1.33 bits per heavy atom. The smallest absolute Gasteiger partial charge is 0.269 e. The molecule has 0 fully saturated rings. The van der Waals surface area contributed by atoms with Crippen molar-refractivity contribution < 1.29 is 14.3 Å². The van der Waals surface area contributed by atoms with Crippen LogP contribution in [0.25, 0.3) is 22.3 Å². The molecule has 0 radical (unpaired) electrons. The number of nitrogens with one attached hydrogen (secondary N) is 1. The topological polar surface area (TPSA) is 129 Å². The second-order valence-electron chi connectivity index (χ2n) is 6.28. The number of fused-ring (bicyclic) bond motifs is 1. The number of hydrogen-bond acceptors (Lipinski definition) is 6. The van der Waals surface area contributed by atoms with Gasteiger partial charge in [-0.05, 0) is 31.0 Å². The Balaban J connectivity index is 1.99. The van der Waals surface area contributed by atoms with E-state index in [2.05, 4.69) is 15.0 Å². The molecule has 142 valence electrons. The SMILES string of the molecule is COC[C@H](N)CCc1cnc(C(N)=O)c(-c2cc3c(OC)cccc3[nH]2)n1. The molecule has 8 heteroatoms. The van der Waals surface area contributed by atoms with E-state index in [9.17, 15) is 4.79 Å². The van der Waals surface area contributed by atoms with Crippen molar-refractivity contribution in [1.82, 2.24) is 15.0 Å². The van der Waals surface area contributed by atoms with Crippen molar-refractivity contribution in [3.05, 3.63) is 41.9 Å². The molecule has 0 unspecified atom stereocenters. The molecule has 1 amide bonds. The summed E-state index contributed by atoms with van der Waals surface area (Å²) >= 11 is 0. The fourth-order valence-electron chi connectivity index (χ4n) is 2.98. The third kappa shape index (κ3) is 4.07. The molecule has 0 saturated heterocycles. The maximum Gasteiger partial charge on any atom is 0.269 e. The Morgan fingerprint density at radius 2 is 2.15 bits per heavy atom. The third-order valence-corrected chi connectivity index (χ3v) is 4.31. The summed E-state index contributed by atoms with van der Waals surface area (Å²) in [6.45, 7) is 0.474. The Hall–Kier alpha value is -2.97. The van der Waals surface area contributed by atoms with Crippen molar-refractivity contribution in [3.63, 3.8) is 0 Å². The van der Waals surface area contributed by atoms with E-state index in [1.165, 1.54) is 0 Å². The van der Waals surface area contributed by atoms with Gasteiger partial charge in [0.25, 0.3) is 5.91 Å². The van der Waals surface area contributed by atoms with Crippen molar-refractivity contribution in [1.29, 1.82) is 0 Å². The molecule has 8 nitrogen and oxygen atoms in total. The number of aromatic nitrogens is 3. The Kier molecular flexibility index (Phi) is 5.68. The van der Waals surface area contributed by atoms with Gasteiger partial charge in [0.05, 0.1) is 25.1 Å². The summed E-state index contributed by atoms with van der Waals surface area (Å²) < 4.78 is 10.4. The number of carbonyl (C=O) groups is 1. The van der Waals surface area contributed by atoms with Crippen LogP contribution in [0.2, 0.25) is 0 Å². The number of aryl methyl sites for hydroxylation is 1. The number of nitrogens with zero attached hydrogens (tertiary/aromatic N) is 2. The monoisotopic (exact) mass is 369 g/mol. The van der Waals surface area contributed by atoms with Crippen LogP contribution in [0, 0.1) is 0 Å². The van der Waals surface area contributed by atoms with Gasteiger partial charge in [0.15, 0.2) is 5.69 Å². The van der Waals surface area contributed by atoms with Crippen LogP contribution in [0.5, 0.6) is 5.75 Å². The first kappa shape index (κ1) is 18.8. The number of ether oxygens (including phenoxy) is 2. The molecule has 0 aliphatic rings. The highest BCUT2D eigenvalue weighted by atomic mass is 16.5. The minimum absolute atomic E-state index is 0.0894. The first-order valence-electron chi connectivity index (χ1n) is 8.59. The number of benzene rings is 1. The number of hydrogen-bond donors (Lipinski definition) is 3. The van der Waals surface area contributed by atoms with Gasteiger partial charge in [-0.15, -0.1) is 0 Å². The summed E-state index contributed by atoms with van der Waals surface area (Å²) in [6.07, 6.45) is 2.87. The number of primary amides is 1. The molecular weight excluding hydrogens is 346 g/mol. The molecule has 0 bridgehead atoms. The Labute approximate surface area is 156 Å². The van der Waals surface area contributed by atoms with Crippen molar-refractivity contribution in [2.75, 3.05) is 20.8 Å². The van der Waals surface area contributed by atoms with Crippen molar-refractivity contribution in [3.8, 4) is 17.1 Å². The maximum atomic E-state index is 11.8. The summed E-state index contributed by atoms with van der Waals surface area (Å²) in [4.78, 5) is 23.9. The van der Waals surface area contributed by atoms with Gasteiger partial charge >= 0.3 is 0 Å². The van der Waals surface area contributed by atoms with Gasteiger partial charge in [-0.1, -0.05) is 6.07 Å². The molecule has 3 aromatic rings. The quantitative estimate of drug-likeness (QED) is 0.553. The number of aromatic amines is 1. The van der Waals surface area contributed by atoms with E-state index in [1.807, 2.05) is 24.3 Å². The van der Waals surface area contributed by atoms with E-state index in [4.69, 9.17) is 20.9 Å². The molecule has 2 heterocycles. The first-order valence-corrected chi connectivity index (χ1v) is 8.59. The lowest BCUT2D eigenvalue weighted by Crippen LogP contribution is -2.26. The van der Waals surface area contributed by atoms with Gasteiger partial charge in [-0.25, -0.2) is 9.97 Å². The average molecular weight is 369 g/mol. The van der Waals surface area contributed by atoms with E-state index in [1.54, 1.807) is 20.4 Å². The zero-order valence-electron chi connectivity index (χ0n) is 15.4. The normalized spacial score (nSPS) is 12.3.